The van der Waals surface area contributed by atoms with E-state index in [1.165, 1.54) is 35.8 Å². The van der Waals surface area contributed by atoms with Gasteiger partial charge in [0.2, 0.25) is 0 Å². The fraction of sp³-hybridized carbons (Fsp3) is 0.167. The summed E-state index contributed by atoms with van der Waals surface area (Å²) in [6.07, 6.45) is 3.06. The molecule has 0 N–H and O–H groups in total. The van der Waals surface area contributed by atoms with Gasteiger partial charge in [-0.15, -0.1) is 34.0 Å². The minimum absolute atomic E-state index is 0.594. The second kappa shape index (κ2) is 10.3. The molecule has 0 aliphatic heterocycles. The molecule has 186 valence electrons. The van der Waals surface area contributed by atoms with Crippen LogP contribution in [0.4, 0.5) is 5.69 Å². The van der Waals surface area contributed by atoms with Gasteiger partial charge in [-0.1, -0.05) is 50.0 Å². The van der Waals surface area contributed by atoms with Crippen molar-refractivity contribution >= 4 is 71.9 Å². The highest BCUT2D eigenvalue weighted by atomic mass is 32.1. The molecule has 0 amide bonds. The molecule has 38 heavy (non-hydrogen) atoms. The van der Waals surface area contributed by atoms with Crippen molar-refractivity contribution in [3.05, 3.63) is 65.5 Å². The van der Waals surface area contributed by atoms with Gasteiger partial charge < -0.3 is 0 Å². The highest BCUT2D eigenvalue weighted by Gasteiger charge is 2.17. The first-order valence-corrected chi connectivity index (χ1v) is 15.3. The third kappa shape index (κ3) is 4.73. The monoisotopic (exact) mass is 566 g/mol. The Balaban J connectivity index is 1.30. The van der Waals surface area contributed by atoms with Crippen molar-refractivity contribution in [2.24, 2.45) is 5.92 Å². The summed E-state index contributed by atoms with van der Waals surface area (Å²) in [5, 5.41) is 9.11. The van der Waals surface area contributed by atoms with Gasteiger partial charge in [-0.3, -0.25) is 4.90 Å². The van der Waals surface area contributed by atoms with Gasteiger partial charge in [-0.05, 0) is 47.9 Å². The molecule has 8 heteroatoms. The van der Waals surface area contributed by atoms with Crippen LogP contribution >= 0.6 is 45.7 Å². The van der Waals surface area contributed by atoms with E-state index in [2.05, 4.69) is 80.4 Å². The Kier molecular flexibility index (Phi) is 6.73. The lowest BCUT2D eigenvalue weighted by atomic mass is 10.1. The Morgan fingerprint density at radius 3 is 2.18 bits per heavy atom. The predicted molar refractivity (Wildman–Crippen MR) is 165 cm³/mol. The average molecular weight is 567 g/mol. The van der Waals surface area contributed by atoms with Gasteiger partial charge in [-0.2, -0.15) is 14.0 Å². The van der Waals surface area contributed by atoms with Crippen LogP contribution in [0.2, 0.25) is 0 Å². The minimum Gasteiger partial charge on any atom is -0.283 e. The van der Waals surface area contributed by atoms with E-state index >= 15 is 0 Å². The van der Waals surface area contributed by atoms with Crippen molar-refractivity contribution in [1.29, 1.82) is 5.26 Å². The van der Waals surface area contributed by atoms with Crippen LogP contribution in [0.15, 0.2) is 60.7 Å². The number of nitriles is 1. The molecule has 0 aliphatic carbocycles. The van der Waals surface area contributed by atoms with Crippen molar-refractivity contribution in [2.75, 3.05) is 11.9 Å². The molecule has 0 radical (unpaired) electrons. The fourth-order valence-corrected chi connectivity index (χ4v) is 8.09. The molecule has 0 fully saturated rings. The SMILES string of the molecule is CC(C)CC#Cc1cc2sc(-c3ccc(-c4ccc(-c5ccc(N(C)C#N)cc5)s4)c4nsnc34)cc2s1. The smallest absolute Gasteiger partial charge is 0.183 e. The molecular weight excluding hydrogens is 545 g/mol. The van der Waals surface area contributed by atoms with E-state index in [0.29, 0.717) is 5.92 Å². The quantitative estimate of drug-likeness (QED) is 0.118. The van der Waals surface area contributed by atoms with E-state index in [-0.39, 0.29) is 0 Å². The lowest BCUT2D eigenvalue weighted by molar-refractivity contribution is 0.676. The van der Waals surface area contributed by atoms with E-state index in [1.54, 1.807) is 46.0 Å². The molecule has 0 unspecified atom stereocenters. The number of fused-ring (bicyclic) bond motifs is 2. The minimum atomic E-state index is 0.594. The van der Waals surface area contributed by atoms with Crippen LogP contribution in [0.1, 0.15) is 25.1 Å². The number of aromatic nitrogens is 2. The molecule has 0 saturated carbocycles. The van der Waals surface area contributed by atoms with E-state index in [1.807, 2.05) is 12.1 Å². The first-order chi connectivity index (χ1) is 18.5. The summed E-state index contributed by atoms with van der Waals surface area (Å²) < 4.78 is 11.9. The maximum Gasteiger partial charge on any atom is 0.183 e. The molecule has 6 aromatic rings. The largest absolute Gasteiger partial charge is 0.283 e. The molecule has 4 aromatic heterocycles. The van der Waals surface area contributed by atoms with E-state index in [9.17, 15) is 0 Å². The van der Waals surface area contributed by atoms with Crippen molar-refractivity contribution in [3.63, 3.8) is 0 Å². The molecule has 0 saturated heterocycles. The van der Waals surface area contributed by atoms with Gasteiger partial charge in [0, 0.05) is 48.6 Å². The second-order valence-electron chi connectivity index (χ2n) is 9.34. The first kappa shape index (κ1) is 24.8. The van der Waals surface area contributed by atoms with Crippen LogP contribution < -0.4 is 4.90 Å². The van der Waals surface area contributed by atoms with Crippen LogP contribution in [-0.4, -0.2) is 15.8 Å². The predicted octanol–water partition coefficient (Wildman–Crippen LogP) is 9.34. The van der Waals surface area contributed by atoms with Gasteiger partial charge >= 0.3 is 0 Å². The second-order valence-corrected chi connectivity index (χ2v) is 13.1. The summed E-state index contributed by atoms with van der Waals surface area (Å²) in [6, 6.07) is 21.2. The molecule has 4 heterocycles. The van der Waals surface area contributed by atoms with Crippen LogP contribution in [0.25, 0.3) is 51.8 Å². The lowest BCUT2D eigenvalue weighted by Crippen LogP contribution is -2.07. The summed E-state index contributed by atoms with van der Waals surface area (Å²) in [5.41, 5.74) is 6.15. The normalized spacial score (nSPS) is 11.1. The number of rotatable bonds is 5. The first-order valence-electron chi connectivity index (χ1n) is 12.1. The third-order valence-electron chi connectivity index (χ3n) is 6.17. The van der Waals surface area contributed by atoms with Crippen molar-refractivity contribution in [3.8, 4) is 49.4 Å². The number of nitrogens with zero attached hydrogens (tertiary/aromatic N) is 4. The summed E-state index contributed by atoms with van der Waals surface area (Å²) in [5.74, 6) is 7.22. The zero-order valence-electron chi connectivity index (χ0n) is 21.0. The van der Waals surface area contributed by atoms with E-state index < -0.39 is 0 Å². The summed E-state index contributed by atoms with van der Waals surface area (Å²) in [7, 11) is 1.76. The molecule has 0 aliphatic rings. The molecular formula is C30H22N4S4. The third-order valence-corrected chi connectivity index (χ3v) is 10.1. The van der Waals surface area contributed by atoms with Gasteiger partial charge in [-0.25, -0.2) is 0 Å². The van der Waals surface area contributed by atoms with Gasteiger partial charge in [0.25, 0.3) is 0 Å². The number of hydrogen-bond acceptors (Lipinski definition) is 8. The number of thiophene rings is 3. The van der Waals surface area contributed by atoms with Gasteiger partial charge in [0.05, 0.1) is 22.3 Å². The standard InChI is InChI=1S/C30H22N4S4/c1-18(2)5-4-6-21-15-27-28(35-21)16-26(37-27)23-12-11-22(29-30(23)33-38-32-29)25-14-13-24(36-25)19-7-9-20(10-8-19)34(3)17-31/h7-16,18H,5H2,1-3H3. The van der Waals surface area contributed by atoms with Gasteiger partial charge in [0.1, 0.15) is 11.0 Å². The summed E-state index contributed by atoms with van der Waals surface area (Å²) >= 11 is 6.57. The van der Waals surface area contributed by atoms with Crippen LogP contribution in [-0.2, 0) is 0 Å². The maximum absolute atomic E-state index is 9.11. The van der Waals surface area contributed by atoms with Gasteiger partial charge in [0.15, 0.2) is 6.19 Å². The number of benzene rings is 2. The Bertz CT molecular complexity index is 1840. The van der Waals surface area contributed by atoms with Crippen molar-refractivity contribution < 1.29 is 0 Å². The molecule has 0 spiro atoms. The van der Waals surface area contributed by atoms with E-state index in [0.717, 1.165) is 44.7 Å². The lowest BCUT2D eigenvalue weighted by Gasteiger charge is -2.08. The molecule has 0 bridgehead atoms. The fourth-order valence-electron chi connectivity index (χ4n) is 4.18. The average Bonchev–Trinajstić information content (AvgIpc) is 3.71. The molecule has 4 nitrogen and oxygen atoms in total. The molecule has 0 atom stereocenters. The summed E-state index contributed by atoms with van der Waals surface area (Å²) in [4.78, 5) is 6.24. The topological polar surface area (TPSA) is 52.8 Å². The number of hydrogen-bond donors (Lipinski definition) is 0. The Morgan fingerprint density at radius 1 is 0.816 bits per heavy atom. The van der Waals surface area contributed by atoms with Crippen molar-refractivity contribution in [1.82, 2.24) is 8.75 Å². The molecule has 6 rings (SSSR count). The Hall–Kier alpha value is -3.53. The number of anilines is 1. The highest BCUT2D eigenvalue weighted by molar-refractivity contribution is 7.29. The maximum atomic E-state index is 9.11. The Morgan fingerprint density at radius 2 is 1.50 bits per heavy atom. The van der Waals surface area contributed by atoms with E-state index in [4.69, 9.17) is 14.0 Å². The van der Waals surface area contributed by atoms with Crippen LogP contribution in [0.3, 0.4) is 0 Å². The summed E-state index contributed by atoms with van der Waals surface area (Å²) in [6.45, 7) is 4.39. The Labute approximate surface area is 237 Å². The van der Waals surface area contributed by atoms with Crippen molar-refractivity contribution in [2.45, 2.75) is 20.3 Å². The molecule has 2 aromatic carbocycles. The highest BCUT2D eigenvalue weighted by Crippen LogP contribution is 2.43. The van der Waals surface area contributed by atoms with Crippen LogP contribution in [0.5, 0.6) is 0 Å². The zero-order chi connectivity index (χ0) is 26.2. The van der Waals surface area contributed by atoms with Crippen LogP contribution in [0, 0.1) is 29.2 Å². The zero-order valence-corrected chi connectivity index (χ0v) is 24.2.